The summed E-state index contributed by atoms with van der Waals surface area (Å²) in [6, 6.07) is 0.256. The van der Waals surface area contributed by atoms with E-state index in [2.05, 4.69) is 55.9 Å². The third kappa shape index (κ3) is 7.26. The molecule has 0 aliphatic heterocycles. The van der Waals surface area contributed by atoms with Gasteiger partial charge in [-0.3, -0.25) is 4.79 Å². The van der Waals surface area contributed by atoms with E-state index in [0.29, 0.717) is 12.3 Å². The van der Waals surface area contributed by atoms with Gasteiger partial charge >= 0.3 is 0 Å². The van der Waals surface area contributed by atoms with E-state index in [4.69, 9.17) is 0 Å². The summed E-state index contributed by atoms with van der Waals surface area (Å²) in [6.45, 7) is 10.8. The summed E-state index contributed by atoms with van der Waals surface area (Å²) in [7, 11) is 0. The van der Waals surface area contributed by atoms with Crippen LogP contribution in [0, 0.1) is 11.3 Å². The predicted octanol–water partition coefficient (Wildman–Crippen LogP) is 3.74. The van der Waals surface area contributed by atoms with Gasteiger partial charge in [0.1, 0.15) is 0 Å². The van der Waals surface area contributed by atoms with Crippen LogP contribution in [0.15, 0.2) is 0 Å². The van der Waals surface area contributed by atoms with Crippen molar-refractivity contribution < 1.29 is 4.79 Å². The van der Waals surface area contributed by atoms with Gasteiger partial charge in [0.25, 0.3) is 0 Å². The average Bonchev–Trinajstić information content (AvgIpc) is 2.12. The molecule has 1 unspecified atom stereocenters. The molecule has 96 valence electrons. The molecule has 16 heavy (non-hydrogen) atoms. The number of carbonyl (C=O) groups is 1. The quantitative estimate of drug-likeness (QED) is 0.742. The normalized spacial score (nSPS) is 13.9. The van der Waals surface area contributed by atoms with Gasteiger partial charge in [-0.25, -0.2) is 0 Å². The first kappa shape index (κ1) is 16.0. The number of alkyl halides is 1. The lowest BCUT2D eigenvalue weighted by molar-refractivity contribution is -0.122. The molecule has 1 amide bonds. The lowest BCUT2D eigenvalue weighted by atomic mass is 9.85. The van der Waals surface area contributed by atoms with E-state index >= 15 is 0 Å². The van der Waals surface area contributed by atoms with Gasteiger partial charge in [-0.05, 0) is 24.2 Å². The Bertz CT molecular complexity index is 208. The lowest BCUT2D eigenvalue weighted by Crippen LogP contribution is -2.44. The van der Waals surface area contributed by atoms with E-state index in [9.17, 15) is 4.79 Å². The Kier molecular flexibility index (Phi) is 7.29. The largest absolute Gasteiger partial charge is 0.353 e. The highest BCUT2D eigenvalue weighted by molar-refractivity contribution is 9.09. The second kappa shape index (κ2) is 7.31. The fourth-order valence-corrected chi connectivity index (χ4v) is 1.97. The van der Waals surface area contributed by atoms with Crippen LogP contribution in [0.4, 0.5) is 0 Å². The minimum absolute atomic E-state index is 0.126. The Morgan fingerprint density at radius 2 is 1.81 bits per heavy atom. The van der Waals surface area contributed by atoms with Gasteiger partial charge in [-0.2, -0.15) is 0 Å². The molecule has 3 heteroatoms. The molecule has 0 radical (unpaired) electrons. The Labute approximate surface area is 109 Å². The first-order valence-corrected chi connectivity index (χ1v) is 7.24. The molecule has 0 aliphatic carbocycles. The zero-order valence-corrected chi connectivity index (χ0v) is 12.9. The summed E-state index contributed by atoms with van der Waals surface area (Å²) < 4.78 is 0. The fourth-order valence-electron chi connectivity index (χ4n) is 1.52. The summed E-state index contributed by atoms with van der Waals surface area (Å²) in [4.78, 5) is 11.8. The Morgan fingerprint density at radius 3 is 2.19 bits per heavy atom. The molecule has 0 heterocycles. The van der Waals surface area contributed by atoms with E-state index in [0.717, 1.165) is 18.2 Å². The topological polar surface area (TPSA) is 29.1 Å². The summed E-state index contributed by atoms with van der Waals surface area (Å²) in [5.41, 5.74) is 0.126. The first-order valence-electron chi connectivity index (χ1n) is 6.12. The highest BCUT2D eigenvalue weighted by Crippen LogP contribution is 2.22. The minimum atomic E-state index is 0.126. The second-order valence-corrected chi connectivity index (χ2v) is 6.69. The van der Waals surface area contributed by atoms with Crippen molar-refractivity contribution in [1.82, 2.24) is 5.32 Å². The van der Waals surface area contributed by atoms with E-state index in [1.165, 1.54) is 0 Å². The molecule has 0 bridgehead atoms. The van der Waals surface area contributed by atoms with Crippen molar-refractivity contribution in [2.24, 2.45) is 11.3 Å². The maximum absolute atomic E-state index is 11.8. The van der Waals surface area contributed by atoms with Crippen LogP contribution in [0.1, 0.15) is 53.9 Å². The molecule has 0 rings (SSSR count). The van der Waals surface area contributed by atoms with Crippen LogP contribution in [-0.2, 0) is 4.79 Å². The molecular weight excluding hydrogens is 266 g/mol. The van der Waals surface area contributed by atoms with Crippen molar-refractivity contribution in [1.29, 1.82) is 0 Å². The minimum Gasteiger partial charge on any atom is -0.353 e. The van der Waals surface area contributed by atoms with Crippen LogP contribution >= 0.6 is 15.9 Å². The average molecular weight is 292 g/mol. The van der Waals surface area contributed by atoms with E-state index < -0.39 is 0 Å². The Hall–Kier alpha value is -0.0500. The van der Waals surface area contributed by atoms with Crippen molar-refractivity contribution >= 4 is 21.8 Å². The third-order valence-electron chi connectivity index (χ3n) is 2.73. The summed E-state index contributed by atoms with van der Waals surface area (Å²) in [5.74, 6) is 0.782. The molecule has 1 N–H and O–H groups in total. The number of nitrogens with one attached hydrogen (secondary N) is 1. The van der Waals surface area contributed by atoms with Crippen LogP contribution < -0.4 is 5.32 Å². The predicted molar refractivity (Wildman–Crippen MR) is 73.9 cm³/mol. The maximum Gasteiger partial charge on any atom is 0.220 e. The van der Waals surface area contributed by atoms with E-state index in [-0.39, 0.29) is 17.4 Å². The van der Waals surface area contributed by atoms with Gasteiger partial charge in [0.05, 0.1) is 0 Å². The molecule has 0 aromatic rings. The van der Waals surface area contributed by atoms with Gasteiger partial charge in [0.15, 0.2) is 0 Å². The van der Waals surface area contributed by atoms with Crippen molar-refractivity contribution in [2.45, 2.75) is 59.9 Å². The van der Waals surface area contributed by atoms with E-state index in [1.54, 1.807) is 0 Å². The molecule has 0 aromatic heterocycles. The molecule has 0 fully saturated rings. The van der Waals surface area contributed by atoms with Crippen LogP contribution in [0.3, 0.4) is 0 Å². The summed E-state index contributed by atoms with van der Waals surface area (Å²) in [5, 5.41) is 4.07. The Balaban J connectivity index is 4.14. The van der Waals surface area contributed by atoms with Crippen LogP contribution in [-0.4, -0.2) is 17.3 Å². The van der Waals surface area contributed by atoms with Crippen molar-refractivity contribution in [2.75, 3.05) is 5.33 Å². The van der Waals surface area contributed by atoms with Crippen molar-refractivity contribution in [3.8, 4) is 0 Å². The number of hydrogen-bond acceptors (Lipinski definition) is 1. The molecule has 0 aliphatic rings. The Morgan fingerprint density at radius 1 is 1.25 bits per heavy atom. The van der Waals surface area contributed by atoms with Crippen LogP contribution in [0.25, 0.3) is 0 Å². The lowest BCUT2D eigenvalue weighted by Gasteiger charge is -2.31. The monoisotopic (exact) mass is 291 g/mol. The van der Waals surface area contributed by atoms with Gasteiger partial charge < -0.3 is 5.32 Å². The molecule has 0 aromatic carbocycles. The highest BCUT2D eigenvalue weighted by atomic mass is 79.9. The van der Waals surface area contributed by atoms with Gasteiger partial charge in [0, 0.05) is 17.8 Å². The SMILES string of the molecule is CC(C)CCC(=O)NC(CCBr)C(C)(C)C. The maximum atomic E-state index is 11.8. The number of rotatable bonds is 6. The smallest absolute Gasteiger partial charge is 0.220 e. The molecular formula is C13H26BrNO. The fraction of sp³-hybridized carbons (Fsp3) is 0.923. The van der Waals surface area contributed by atoms with Gasteiger partial charge in [-0.15, -0.1) is 0 Å². The molecule has 0 spiro atoms. The molecule has 1 atom stereocenters. The van der Waals surface area contributed by atoms with Crippen molar-refractivity contribution in [3.05, 3.63) is 0 Å². The number of carbonyl (C=O) groups excluding carboxylic acids is 1. The standard InChI is InChI=1S/C13H26BrNO/c1-10(2)6-7-12(16)15-11(8-9-14)13(3,4)5/h10-11H,6-9H2,1-5H3,(H,15,16). The number of hydrogen-bond donors (Lipinski definition) is 1. The summed E-state index contributed by atoms with van der Waals surface area (Å²) >= 11 is 3.44. The highest BCUT2D eigenvalue weighted by Gasteiger charge is 2.25. The number of halogens is 1. The van der Waals surface area contributed by atoms with Crippen LogP contribution in [0.2, 0.25) is 0 Å². The molecule has 0 saturated carbocycles. The third-order valence-corrected chi connectivity index (χ3v) is 3.18. The summed E-state index contributed by atoms with van der Waals surface area (Å²) in [6.07, 6.45) is 2.60. The van der Waals surface area contributed by atoms with Crippen LogP contribution in [0.5, 0.6) is 0 Å². The van der Waals surface area contributed by atoms with E-state index in [1.807, 2.05) is 0 Å². The van der Waals surface area contributed by atoms with Crippen molar-refractivity contribution in [3.63, 3.8) is 0 Å². The van der Waals surface area contributed by atoms with Gasteiger partial charge in [0.2, 0.25) is 5.91 Å². The molecule has 0 saturated heterocycles. The second-order valence-electron chi connectivity index (χ2n) is 5.90. The molecule has 2 nitrogen and oxygen atoms in total. The zero-order valence-electron chi connectivity index (χ0n) is 11.3. The first-order chi connectivity index (χ1) is 7.27. The zero-order chi connectivity index (χ0) is 12.8. The number of amides is 1. The van der Waals surface area contributed by atoms with Gasteiger partial charge in [-0.1, -0.05) is 50.5 Å².